The molecule has 1 unspecified atom stereocenters. The highest BCUT2D eigenvalue weighted by atomic mass is 32.1. The van der Waals surface area contributed by atoms with E-state index in [1.807, 2.05) is 11.4 Å². The van der Waals surface area contributed by atoms with E-state index in [4.69, 9.17) is 4.42 Å². The van der Waals surface area contributed by atoms with Crippen LogP contribution in [0.2, 0.25) is 0 Å². The summed E-state index contributed by atoms with van der Waals surface area (Å²) in [6.07, 6.45) is 2.23. The molecule has 1 fully saturated rings. The van der Waals surface area contributed by atoms with Gasteiger partial charge in [0.25, 0.3) is 0 Å². The molecule has 1 saturated carbocycles. The molecule has 4 rings (SSSR count). The zero-order valence-corrected chi connectivity index (χ0v) is 12.7. The fourth-order valence-electron chi connectivity index (χ4n) is 2.55. The van der Waals surface area contributed by atoms with Gasteiger partial charge in [-0.25, -0.2) is 9.78 Å². The Bertz CT molecular complexity index is 1000. The Morgan fingerprint density at radius 2 is 2.30 bits per heavy atom. The Morgan fingerprint density at radius 1 is 1.48 bits per heavy atom. The normalized spacial score (nSPS) is 15.4. The molecular formula is C16H11N3O3S. The Labute approximate surface area is 134 Å². The molecule has 3 aromatic rings. The first-order valence-corrected chi connectivity index (χ1v) is 8.06. The summed E-state index contributed by atoms with van der Waals surface area (Å²) in [4.78, 5) is 31.1. The molecule has 1 N–H and O–H groups in total. The number of para-hydroxylation sites is 1. The Morgan fingerprint density at radius 3 is 3.04 bits per heavy atom. The second kappa shape index (κ2) is 5.18. The Balaban J connectivity index is 1.75. The van der Waals surface area contributed by atoms with Gasteiger partial charge in [-0.1, -0.05) is 6.07 Å². The van der Waals surface area contributed by atoms with Crippen molar-refractivity contribution in [1.82, 2.24) is 9.97 Å². The standard InChI is InChI=1S/C16H11N3O3S/c17-6-10(15-18-12(7-23-15)8-4-5-8)13(20)9-2-1-3-11-14(9)22-16(21)19-11/h1-3,7-8,10H,4-5H2,(H,19,21). The van der Waals surface area contributed by atoms with Crippen LogP contribution < -0.4 is 5.76 Å². The van der Waals surface area contributed by atoms with Crippen LogP contribution in [-0.2, 0) is 0 Å². The molecular weight excluding hydrogens is 314 g/mol. The number of benzene rings is 1. The van der Waals surface area contributed by atoms with Crippen LogP contribution in [0.4, 0.5) is 0 Å². The van der Waals surface area contributed by atoms with Crippen molar-refractivity contribution < 1.29 is 9.21 Å². The second-order valence-corrected chi connectivity index (χ2v) is 6.40. The van der Waals surface area contributed by atoms with E-state index in [2.05, 4.69) is 9.97 Å². The third-order valence-electron chi connectivity index (χ3n) is 3.89. The number of aromatic amines is 1. The number of H-pyrrole nitrogens is 1. The van der Waals surface area contributed by atoms with Crippen LogP contribution >= 0.6 is 11.3 Å². The smallest absolute Gasteiger partial charge is 0.407 e. The van der Waals surface area contributed by atoms with Gasteiger partial charge in [-0.05, 0) is 25.0 Å². The number of nitriles is 1. The van der Waals surface area contributed by atoms with E-state index in [1.165, 1.54) is 11.3 Å². The van der Waals surface area contributed by atoms with Crippen molar-refractivity contribution in [3.05, 3.63) is 50.4 Å². The molecule has 0 saturated heterocycles. The van der Waals surface area contributed by atoms with E-state index in [9.17, 15) is 14.9 Å². The molecule has 0 aliphatic heterocycles. The van der Waals surface area contributed by atoms with Crippen molar-refractivity contribution in [2.45, 2.75) is 24.7 Å². The third-order valence-corrected chi connectivity index (χ3v) is 4.81. The van der Waals surface area contributed by atoms with E-state index >= 15 is 0 Å². The number of nitrogens with one attached hydrogen (secondary N) is 1. The van der Waals surface area contributed by atoms with Gasteiger partial charge in [-0.15, -0.1) is 11.3 Å². The first-order chi connectivity index (χ1) is 11.2. The summed E-state index contributed by atoms with van der Waals surface area (Å²) >= 11 is 1.33. The fraction of sp³-hybridized carbons (Fsp3) is 0.250. The van der Waals surface area contributed by atoms with Crippen molar-refractivity contribution in [3.8, 4) is 6.07 Å². The molecule has 1 aromatic carbocycles. The van der Waals surface area contributed by atoms with Gasteiger partial charge in [-0.2, -0.15) is 5.26 Å². The van der Waals surface area contributed by atoms with E-state index in [-0.39, 0.29) is 11.1 Å². The molecule has 6 nitrogen and oxygen atoms in total. The lowest BCUT2D eigenvalue weighted by molar-refractivity contribution is 0.0979. The molecule has 0 bridgehead atoms. The largest absolute Gasteiger partial charge is 0.417 e. The number of fused-ring (bicyclic) bond motifs is 1. The van der Waals surface area contributed by atoms with Gasteiger partial charge in [0.2, 0.25) is 0 Å². The zero-order chi connectivity index (χ0) is 16.0. The lowest BCUT2D eigenvalue weighted by atomic mass is 9.98. The maximum absolute atomic E-state index is 12.8. The molecule has 7 heteroatoms. The lowest BCUT2D eigenvalue weighted by Gasteiger charge is -2.05. The monoisotopic (exact) mass is 325 g/mol. The number of carbonyl (C=O) groups is 1. The third kappa shape index (κ3) is 2.37. The summed E-state index contributed by atoms with van der Waals surface area (Å²) in [5.41, 5.74) is 1.80. The summed E-state index contributed by atoms with van der Waals surface area (Å²) < 4.78 is 5.05. The second-order valence-electron chi connectivity index (χ2n) is 5.51. The molecule has 2 heterocycles. The molecule has 1 atom stereocenters. The van der Waals surface area contributed by atoms with Crippen molar-refractivity contribution in [2.75, 3.05) is 0 Å². The Hall–Kier alpha value is -2.72. The van der Waals surface area contributed by atoms with E-state index < -0.39 is 17.5 Å². The van der Waals surface area contributed by atoms with Crippen LogP contribution in [0.25, 0.3) is 11.1 Å². The van der Waals surface area contributed by atoms with Crippen molar-refractivity contribution in [2.24, 2.45) is 0 Å². The summed E-state index contributed by atoms with van der Waals surface area (Å²) in [5.74, 6) is -1.55. The number of ketones is 1. The first-order valence-electron chi connectivity index (χ1n) is 7.18. The van der Waals surface area contributed by atoms with Crippen LogP contribution in [0.5, 0.6) is 0 Å². The fourth-order valence-corrected chi connectivity index (χ4v) is 3.49. The molecule has 2 aromatic heterocycles. The van der Waals surface area contributed by atoms with Crippen LogP contribution in [0.15, 0.2) is 32.8 Å². The van der Waals surface area contributed by atoms with E-state index in [0.29, 0.717) is 16.4 Å². The lowest BCUT2D eigenvalue weighted by Crippen LogP contribution is -2.11. The minimum absolute atomic E-state index is 0.182. The van der Waals surface area contributed by atoms with Crippen molar-refractivity contribution in [1.29, 1.82) is 5.26 Å². The predicted octanol–water partition coefficient (Wildman–Crippen LogP) is 2.95. The molecule has 0 radical (unpaired) electrons. The Kier molecular flexibility index (Phi) is 3.13. The molecule has 0 amide bonds. The molecule has 1 aliphatic carbocycles. The first kappa shape index (κ1) is 13.9. The van der Waals surface area contributed by atoms with E-state index in [1.54, 1.807) is 18.2 Å². The molecule has 23 heavy (non-hydrogen) atoms. The minimum atomic E-state index is -0.988. The summed E-state index contributed by atoms with van der Waals surface area (Å²) in [5, 5.41) is 11.9. The van der Waals surface area contributed by atoms with Gasteiger partial charge in [0.05, 0.1) is 22.8 Å². The van der Waals surface area contributed by atoms with Gasteiger partial charge >= 0.3 is 5.76 Å². The number of thiazole rings is 1. The van der Waals surface area contributed by atoms with Gasteiger partial charge < -0.3 is 4.42 Å². The number of aromatic nitrogens is 2. The summed E-state index contributed by atoms with van der Waals surface area (Å²) in [7, 11) is 0. The zero-order valence-electron chi connectivity index (χ0n) is 11.9. The molecule has 114 valence electrons. The predicted molar refractivity (Wildman–Crippen MR) is 83.6 cm³/mol. The maximum atomic E-state index is 12.8. The SMILES string of the molecule is N#CC(C(=O)c1cccc2[nH]c(=O)oc12)c1nc(C2CC2)cs1. The minimum Gasteiger partial charge on any atom is -0.407 e. The van der Waals surface area contributed by atoms with Crippen LogP contribution in [0.3, 0.4) is 0 Å². The number of oxazole rings is 1. The van der Waals surface area contributed by atoms with Crippen molar-refractivity contribution in [3.63, 3.8) is 0 Å². The van der Waals surface area contributed by atoms with Crippen LogP contribution in [0, 0.1) is 11.3 Å². The van der Waals surface area contributed by atoms with E-state index in [0.717, 1.165) is 18.5 Å². The quantitative estimate of drug-likeness (QED) is 0.743. The average molecular weight is 325 g/mol. The highest BCUT2D eigenvalue weighted by Gasteiger charge is 2.31. The summed E-state index contributed by atoms with van der Waals surface area (Å²) in [6, 6.07) is 6.88. The van der Waals surface area contributed by atoms with Gasteiger partial charge in [-0.3, -0.25) is 9.78 Å². The van der Waals surface area contributed by atoms with Gasteiger partial charge in [0.1, 0.15) is 5.01 Å². The number of Topliss-reactive ketones (excluding diaryl/α,β-unsaturated/α-hetero) is 1. The maximum Gasteiger partial charge on any atom is 0.417 e. The van der Waals surface area contributed by atoms with Crippen molar-refractivity contribution >= 4 is 28.2 Å². The highest BCUT2D eigenvalue weighted by Crippen LogP contribution is 2.41. The number of carbonyl (C=O) groups excluding carboxylic acids is 1. The molecule has 0 spiro atoms. The number of hydrogen-bond acceptors (Lipinski definition) is 6. The average Bonchev–Trinajstić information content (AvgIpc) is 3.15. The number of rotatable bonds is 4. The number of hydrogen-bond donors (Lipinski definition) is 1. The van der Waals surface area contributed by atoms with Crippen LogP contribution in [0.1, 0.15) is 45.7 Å². The highest BCUT2D eigenvalue weighted by molar-refractivity contribution is 7.10. The number of nitrogens with zero attached hydrogens (tertiary/aromatic N) is 2. The summed E-state index contributed by atoms with van der Waals surface area (Å²) in [6.45, 7) is 0. The topological polar surface area (TPSA) is 99.8 Å². The van der Waals surface area contributed by atoms with Crippen LogP contribution in [-0.4, -0.2) is 15.8 Å². The van der Waals surface area contributed by atoms with Gasteiger partial charge in [0, 0.05) is 11.3 Å². The van der Waals surface area contributed by atoms with Gasteiger partial charge in [0.15, 0.2) is 17.3 Å². The molecule has 1 aliphatic rings.